The van der Waals surface area contributed by atoms with Crippen molar-refractivity contribution in [1.82, 2.24) is 0 Å². The molecule has 0 amide bonds. The van der Waals surface area contributed by atoms with Crippen LogP contribution in [0.25, 0.3) is 0 Å². The molecule has 0 nitrogen and oxygen atoms in total. The molecule has 0 rings (SSSR count). The predicted octanol–water partition coefficient (Wildman–Crippen LogP) is 3.53. The van der Waals surface area contributed by atoms with E-state index in [1.807, 2.05) is 10.7 Å². The van der Waals surface area contributed by atoms with Gasteiger partial charge in [0.25, 0.3) is 0 Å². The molecule has 0 N–H and O–H groups in total. The van der Waals surface area contributed by atoms with Crippen molar-refractivity contribution < 1.29 is 0 Å². The van der Waals surface area contributed by atoms with Gasteiger partial charge in [0.2, 0.25) is 0 Å². The molecule has 1 radical (unpaired) electrons. The van der Waals surface area contributed by atoms with Crippen molar-refractivity contribution in [3.63, 3.8) is 0 Å². The van der Waals surface area contributed by atoms with Crippen LogP contribution in [0.15, 0.2) is 0 Å². The van der Waals surface area contributed by atoms with Crippen LogP contribution in [0, 0.1) is 6.42 Å². The molecule has 0 saturated heterocycles. The fourth-order valence-electron chi connectivity index (χ4n) is 0.835. The van der Waals surface area contributed by atoms with E-state index in [4.69, 9.17) is 24.4 Å². The van der Waals surface area contributed by atoms with E-state index in [-0.39, 0.29) is 0 Å². The molecule has 0 heterocycles. The quantitative estimate of drug-likeness (QED) is 0.421. The zero-order chi connectivity index (χ0) is 8.36. The van der Waals surface area contributed by atoms with Gasteiger partial charge in [-0.15, -0.1) is 0 Å². The Balaban J connectivity index is 2.79. The van der Waals surface area contributed by atoms with E-state index < -0.39 is 0 Å². The Morgan fingerprint density at radius 1 is 0.727 bits per heavy atom. The maximum absolute atomic E-state index is 4.71. The number of thiocarbonyl (C=S) groups is 2. The van der Waals surface area contributed by atoms with E-state index in [2.05, 4.69) is 6.42 Å². The second-order valence-electron chi connectivity index (χ2n) is 2.48. The molecule has 0 aliphatic carbocycles. The Hall–Kier alpha value is 0.180. The first kappa shape index (κ1) is 11.2. The van der Waals surface area contributed by atoms with Crippen LogP contribution in [0.4, 0.5) is 0 Å². The Bertz CT molecular complexity index is 87.7. The lowest BCUT2D eigenvalue weighted by atomic mass is 10.1. The van der Waals surface area contributed by atoms with Gasteiger partial charge >= 0.3 is 0 Å². The lowest BCUT2D eigenvalue weighted by molar-refractivity contribution is 0.765. The van der Waals surface area contributed by atoms with Crippen molar-refractivity contribution >= 4 is 35.2 Å². The summed E-state index contributed by atoms with van der Waals surface area (Å²) < 4.78 is 0. The molecular weight excluding hydrogens is 172 g/mol. The summed E-state index contributed by atoms with van der Waals surface area (Å²) in [4.78, 5) is 0. The molecule has 0 aromatic carbocycles. The van der Waals surface area contributed by atoms with Crippen molar-refractivity contribution in [3.05, 3.63) is 6.42 Å². The minimum atomic E-state index is 1.07. The Morgan fingerprint density at radius 3 is 1.55 bits per heavy atom. The minimum absolute atomic E-state index is 1.07. The van der Waals surface area contributed by atoms with Gasteiger partial charge in [0.05, 0.1) is 0 Å². The predicted molar refractivity (Wildman–Crippen MR) is 59.3 cm³/mol. The zero-order valence-electron chi connectivity index (χ0n) is 6.79. The molecule has 0 bridgehead atoms. The number of hydrogen-bond donors (Lipinski definition) is 0. The van der Waals surface area contributed by atoms with Crippen LogP contribution >= 0.6 is 24.4 Å². The smallest absolute Gasteiger partial charge is 0.0210 e. The highest BCUT2D eigenvalue weighted by atomic mass is 32.1. The third-order valence-corrected chi connectivity index (χ3v) is 1.93. The van der Waals surface area contributed by atoms with Crippen LogP contribution in [0.1, 0.15) is 38.5 Å². The summed E-state index contributed by atoms with van der Waals surface area (Å²) in [7, 11) is 0. The minimum Gasteiger partial charge on any atom is -0.0935 e. The van der Waals surface area contributed by atoms with Crippen molar-refractivity contribution in [3.8, 4) is 0 Å². The Morgan fingerprint density at radius 2 is 1.18 bits per heavy atom. The number of rotatable bonds is 8. The number of hydrogen-bond acceptors (Lipinski definition) is 2. The average molecular weight is 187 g/mol. The van der Waals surface area contributed by atoms with Crippen molar-refractivity contribution in [2.45, 2.75) is 38.5 Å². The van der Waals surface area contributed by atoms with Crippen LogP contribution in [0.5, 0.6) is 0 Å². The highest BCUT2D eigenvalue weighted by Gasteiger charge is 1.88. The van der Waals surface area contributed by atoms with Crippen LogP contribution < -0.4 is 0 Å². The van der Waals surface area contributed by atoms with Gasteiger partial charge in [0.15, 0.2) is 0 Å². The van der Waals surface area contributed by atoms with Crippen molar-refractivity contribution in [2.75, 3.05) is 0 Å². The monoisotopic (exact) mass is 187 g/mol. The van der Waals surface area contributed by atoms with Crippen molar-refractivity contribution in [2.24, 2.45) is 0 Å². The van der Waals surface area contributed by atoms with Gasteiger partial charge < -0.3 is 0 Å². The lowest BCUT2D eigenvalue weighted by Gasteiger charge is -1.96. The summed E-state index contributed by atoms with van der Waals surface area (Å²) in [5.74, 6) is 0. The van der Waals surface area contributed by atoms with Gasteiger partial charge in [-0.25, -0.2) is 0 Å². The van der Waals surface area contributed by atoms with E-state index in [0.717, 1.165) is 12.8 Å². The molecule has 0 aromatic rings. The third-order valence-electron chi connectivity index (χ3n) is 1.46. The van der Waals surface area contributed by atoms with E-state index in [1.54, 1.807) is 0 Å². The molecule has 0 aliphatic heterocycles. The van der Waals surface area contributed by atoms with Crippen LogP contribution in [0.3, 0.4) is 0 Å². The van der Waals surface area contributed by atoms with E-state index >= 15 is 0 Å². The molecule has 0 aromatic heterocycles. The zero-order valence-corrected chi connectivity index (χ0v) is 8.42. The van der Waals surface area contributed by atoms with E-state index in [1.165, 1.54) is 25.7 Å². The van der Waals surface area contributed by atoms with Crippen LogP contribution in [-0.4, -0.2) is 10.7 Å². The van der Waals surface area contributed by atoms with Crippen LogP contribution in [-0.2, 0) is 0 Å². The molecule has 11 heavy (non-hydrogen) atoms. The third kappa shape index (κ3) is 10.2. The topological polar surface area (TPSA) is 0 Å². The second kappa shape index (κ2) is 10.2. The van der Waals surface area contributed by atoms with E-state index in [9.17, 15) is 0 Å². The maximum Gasteiger partial charge on any atom is -0.0210 e. The molecule has 0 unspecified atom stereocenters. The summed E-state index contributed by atoms with van der Waals surface area (Å²) in [6, 6.07) is 0. The highest BCUT2D eigenvalue weighted by molar-refractivity contribution is 7.79. The van der Waals surface area contributed by atoms with Gasteiger partial charge in [0.1, 0.15) is 0 Å². The highest BCUT2D eigenvalue weighted by Crippen LogP contribution is 2.04. The molecule has 0 fully saturated rings. The van der Waals surface area contributed by atoms with Gasteiger partial charge in [0, 0.05) is 0 Å². The fraction of sp³-hybridized carbons (Fsp3) is 0.667. The van der Waals surface area contributed by atoms with Crippen molar-refractivity contribution in [1.29, 1.82) is 0 Å². The normalized spacial score (nSPS) is 9.45. The van der Waals surface area contributed by atoms with Crippen LogP contribution in [0.2, 0.25) is 0 Å². The summed E-state index contributed by atoms with van der Waals surface area (Å²) in [5.41, 5.74) is 0. The SMILES string of the molecule is S=CCCC[CH]CCCC=S. The second-order valence-corrected chi connectivity index (χ2v) is 3.15. The molecule has 63 valence electrons. The molecular formula is C9H15S2. The lowest BCUT2D eigenvalue weighted by Crippen LogP contribution is -1.81. The Labute approximate surface area is 80.4 Å². The van der Waals surface area contributed by atoms with Gasteiger partial charge in [-0.2, -0.15) is 0 Å². The van der Waals surface area contributed by atoms with Gasteiger partial charge in [-0.3, -0.25) is 0 Å². The molecule has 0 aliphatic rings. The first-order valence-electron chi connectivity index (χ1n) is 4.10. The summed E-state index contributed by atoms with van der Waals surface area (Å²) in [6.45, 7) is 0. The first-order chi connectivity index (χ1) is 5.41. The first-order valence-corrected chi connectivity index (χ1v) is 5.05. The van der Waals surface area contributed by atoms with Gasteiger partial charge in [-0.1, -0.05) is 24.4 Å². The van der Waals surface area contributed by atoms with Gasteiger partial charge in [-0.05, 0) is 55.7 Å². The molecule has 2 heteroatoms. The largest absolute Gasteiger partial charge is 0.0935 e. The fourth-order valence-corrected chi connectivity index (χ4v) is 1.17. The average Bonchev–Trinajstić information content (AvgIpc) is 2.03. The summed E-state index contributed by atoms with van der Waals surface area (Å²) in [5, 5.41) is 3.62. The maximum atomic E-state index is 4.71. The molecule has 0 saturated carbocycles. The Kier molecular flexibility index (Phi) is 10.3. The standard InChI is InChI=1S/C9H15S2/c10-8-6-4-2-1-3-5-7-9-11/h1,8-9H,2-7H2. The summed E-state index contributed by atoms with van der Waals surface area (Å²) >= 11 is 9.43. The molecule has 0 atom stereocenters. The molecule has 0 spiro atoms. The summed E-state index contributed by atoms with van der Waals surface area (Å²) in [6.07, 6.45) is 9.28. The van der Waals surface area contributed by atoms with E-state index in [0.29, 0.717) is 0 Å². The number of unbranched alkanes of at least 4 members (excludes halogenated alkanes) is 6.